The van der Waals surface area contributed by atoms with Crippen molar-refractivity contribution in [3.63, 3.8) is 0 Å². The highest BCUT2D eigenvalue weighted by molar-refractivity contribution is 5.88. The molecule has 1 aromatic heterocycles. The third-order valence-electron chi connectivity index (χ3n) is 3.90. The molecule has 106 valence electrons. The molecule has 19 heavy (non-hydrogen) atoms. The summed E-state index contributed by atoms with van der Waals surface area (Å²) in [5.41, 5.74) is 1.18. The number of nitrogens with zero attached hydrogens (tertiary/aromatic N) is 3. The van der Waals surface area contributed by atoms with Crippen LogP contribution in [0.4, 0.5) is 0 Å². The van der Waals surface area contributed by atoms with E-state index >= 15 is 0 Å². The van der Waals surface area contributed by atoms with Crippen LogP contribution >= 0.6 is 0 Å². The van der Waals surface area contributed by atoms with E-state index in [0.717, 1.165) is 18.5 Å². The van der Waals surface area contributed by atoms with Crippen LogP contribution in [0.25, 0.3) is 0 Å². The van der Waals surface area contributed by atoms with Crippen LogP contribution in [-0.2, 0) is 4.74 Å². The fourth-order valence-electron chi connectivity index (χ4n) is 3.18. The number of carbonyl (C=O) groups is 1. The van der Waals surface area contributed by atoms with E-state index in [1.165, 1.54) is 6.42 Å². The van der Waals surface area contributed by atoms with Crippen molar-refractivity contribution in [2.45, 2.75) is 53.0 Å². The monoisotopic (exact) mass is 265 g/mol. The predicted molar refractivity (Wildman–Crippen MR) is 71.9 cm³/mol. The van der Waals surface area contributed by atoms with Crippen molar-refractivity contribution in [1.82, 2.24) is 15.0 Å². The SMILES string of the molecule is CCOC(=O)c1nnn(C2CC(C)CC(C)C2)c1C. The second-order valence-electron chi connectivity index (χ2n) is 5.76. The summed E-state index contributed by atoms with van der Waals surface area (Å²) >= 11 is 0. The van der Waals surface area contributed by atoms with Crippen LogP contribution in [-0.4, -0.2) is 27.6 Å². The summed E-state index contributed by atoms with van der Waals surface area (Å²) in [6.45, 7) is 8.61. The molecular formula is C14H23N3O2. The number of carbonyl (C=O) groups excluding carboxylic acids is 1. The Morgan fingerprint density at radius 3 is 2.53 bits per heavy atom. The van der Waals surface area contributed by atoms with Gasteiger partial charge in [0.2, 0.25) is 0 Å². The van der Waals surface area contributed by atoms with Gasteiger partial charge in [-0.25, -0.2) is 9.48 Å². The summed E-state index contributed by atoms with van der Waals surface area (Å²) in [7, 11) is 0. The standard InChI is InChI=1S/C14H23N3O2/c1-5-19-14(18)13-11(4)17(16-15-13)12-7-9(2)6-10(3)8-12/h9-10,12H,5-8H2,1-4H3. The lowest BCUT2D eigenvalue weighted by atomic mass is 9.80. The Balaban J connectivity index is 2.19. The third-order valence-corrected chi connectivity index (χ3v) is 3.90. The molecule has 1 aliphatic rings. The van der Waals surface area contributed by atoms with Gasteiger partial charge in [-0.2, -0.15) is 0 Å². The molecular weight excluding hydrogens is 242 g/mol. The molecule has 1 aliphatic carbocycles. The molecule has 5 nitrogen and oxygen atoms in total. The third kappa shape index (κ3) is 2.96. The van der Waals surface area contributed by atoms with Crippen molar-refractivity contribution in [1.29, 1.82) is 0 Å². The summed E-state index contributed by atoms with van der Waals surface area (Å²) in [5, 5.41) is 8.18. The molecule has 0 aromatic carbocycles. The minimum absolute atomic E-state index is 0.354. The van der Waals surface area contributed by atoms with Crippen molar-refractivity contribution < 1.29 is 9.53 Å². The lowest BCUT2D eigenvalue weighted by Crippen LogP contribution is -2.24. The van der Waals surface area contributed by atoms with Crippen LogP contribution in [0.15, 0.2) is 0 Å². The normalized spacial score (nSPS) is 27.3. The molecule has 2 atom stereocenters. The van der Waals surface area contributed by atoms with E-state index < -0.39 is 0 Å². The van der Waals surface area contributed by atoms with Crippen molar-refractivity contribution in [3.8, 4) is 0 Å². The Morgan fingerprint density at radius 2 is 1.95 bits per heavy atom. The first-order valence-electron chi connectivity index (χ1n) is 7.11. The van der Waals surface area contributed by atoms with Crippen LogP contribution in [0.2, 0.25) is 0 Å². The molecule has 0 N–H and O–H groups in total. The van der Waals surface area contributed by atoms with E-state index in [1.807, 2.05) is 11.6 Å². The minimum atomic E-state index is -0.372. The van der Waals surface area contributed by atoms with Gasteiger partial charge in [-0.3, -0.25) is 0 Å². The molecule has 1 heterocycles. The smallest absolute Gasteiger partial charge is 0.360 e. The number of ether oxygens (including phenoxy) is 1. The van der Waals surface area contributed by atoms with E-state index in [1.54, 1.807) is 6.92 Å². The van der Waals surface area contributed by atoms with Gasteiger partial charge in [-0.05, 0) is 44.9 Å². The lowest BCUT2D eigenvalue weighted by Gasteiger charge is -2.31. The van der Waals surface area contributed by atoms with Gasteiger partial charge >= 0.3 is 5.97 Å². The van der Waals surface area contributed by atoms with Gasteiger partial charge in [0.15, 0.2) is 5.69 Å². The first-order chi connectivity index (χ1) is 9.02. The Bertz CT molecular complexity index is 446. The number of esters is 1. The highest BCUT2D eigenvalue weighted by Crippen LogP contribution is 2.36. The molecule has 2 unspecified atom stereocenters. The average molecular weight is 265 g/mol. The Kier molecular flexibility index (Phi) is 4.22. The van der Waals surface area contributed by atoms with Gasteiger partial charge in [0.1, 0.15) is 0 Å². The van der Waals surface area contributed by atoms with E-state index in [0.29, 0.717) is 30.2 Å². The molecule has 1 saturated carbocycles. The van der Waals surface area contributed by atoms with Gasteiger partial charge < -0.3 is 4.74 Å². The maximum Gasteiger partial charge on any atom is 0.360 e. The fraction of sp³-hybridized carbons (Fsp3) is 0.786. The van der Waals surface area contributed by atoms with Crippen molar-refractivity contribution in [2.24, 2.45) is 11.8 Å². The summed E-state index contributed by atoms with van der Waals surface area (Å²) in [6, 6.07) is 0.356. The minimum Gasteiger partial charge on any atom is -0.461 e. The molecule has 0 bridgehead atoms. The molecule has 0 spiro atoms. The molecule has 2 rings (SSSR count). The number of hydrogen-bond acceptors (Lipinski definition) is 4. The van der Waals surface area contributed by atoms with Crippen LogP contribution in [0, 0.1) is 18.8 Å². The van der Waals surface area contributed by atoms with Crippen LogP contribution in [0.5, 0.6) is 0 Å². The molecule has 0 amide bonds. The van der Waals surface area contributed by atoms with Crippen LogP contribution < -0.4 is 0 Å². The zero-order valence-corrected chi connectivity index (χ0v) is 12.2. The van der Waals surface area contributed by atoms with E-state index in [-0.39, 0.29) is 5.97 Å². The molecule has 0 radical (unpaired) electrons. The second-order valence-corrected chi connectivity index (χ2v) is 5.76. The van der Waals surface area contributed by atoms with E-state index in [9.17, 15) is 4.79 Å². The summed E-state index contributed by atoms with van der Waals surface area (Å²) in [6.07, 6.45) is 3.49. The molecule has 1 aromatic rings. The van der Waals surface area contributed by atoms with Crippen molar-refractivity contribution in [2.75, 3.05) is 6.61 Å². The predicted octanol–water partition coefficient (Wildman–Crippen LogP) is 2.76. The highest BCUT2D eigenvalue weighted by Gasteiger charge is 2.28. The summed E-state index contributed by atoms with van der Waals surface area (Å²) < 4.78 is 6.91. The van der Waals surface area contributed by atoms with E-state index in [2.05, 4.69) is 24.2 Å². The average Bonchev–Trinajstić information content (AvgIpc) is 2.70. The van der Waals surface area contributed by atoms with Gasteiger partial charge in [0, 0.05) is 0 Å². The second kappa shape index (κ2) is 5.72. The first kappa shape index (κ1) is 14.0. The number of hydrogen-bond donors (Lipinski definition) is 0. The molecule has 0 saturated heterocycles. The van der Waals surface area contributed by atoms with Gasteiger partial charge in [0.05, 0.1) is 18.3 Å². The zero-order valence-electron chi connectivity index (χ0n) is 12.2. The van der Waals surface area contributed by atoms with E-state index in [4.69, 9.17) is 4.74 Å². The Labute approximate surface area is 114 Å². The van der Waals surface area contributed by atoms with Gasteiger partial charge in [-0.15, -0.1) is 5.10 Å². The van der Waals surface area contributed by atoms with Crippen molar-refractivity contribution >= 4 is 5.97 Å². The summed E-state index contributed by atoms with van der Waals surface area (Å²) in [4.78, 5) is 11.8. The molecule has 0 aliphatic heterocycles. The van der Waals surface area contributed by atoms with Crippen LogP contribution in [0.1, 0.15) is 62.3 Å². The maximum absolute atomic E-state index is 11.8. The molecule has 1 fully saturated rings. The number of aromatic nitrogens is 3. The number of rotatable bonds is 3. The Morgan fingerprint density at radius 1 is 1.32 bits per heavy atom. The van der Waals surface area contributed by atoms with Crippen molar-refractivity contribution in [3.05, 3.63) is 11.4 Å². The Hall–Kier alpha value is -1.39. The summed E-state index contributed by atoms with van der Waals surface area (Å²) in [5.74, 6) is 1.02. The first-order valence-corrected chi connectivity index (χ1v) is 7.11. The highest BCUT2D eigenvalue weighted by atomic mass is 16.5. The van der Waals surface area contributed by atoms with Crippen LogP contribution in [0.3, 0.4) is 0 Å². The topological polar surface area (TPSA) is 57.0 Å². The lowest BCUT2D eigenvalue weighted by molar-refractivity contribution is 0.0518. The zero-order chi connectivity index (χ0) is 14.0. The molecule has 5 heteroatoms. The maximum atomic E-state index is 11.8. The fourth-order valence-corrected chi connectivity index (χ4v) is 3.18. The quantitative estimate of drug-likeness (QED) is 0.788. The van der Waals surface area contributed by atoms with Gasteiger partial charge in [0.25, 0.3) is 0 Å². The van der Waals surface area contributed by atoms with Gasteiger partial charge in [-0.1, -0.05) is 19.1 Å². The largest absolute Gasteiger partial charge is 0.461 e.